The van der Waals surface area contributed by atoms with E-state index in [4.69, 9.17) is 0 Å². The third-order valence-corrected chi connectivity index (χ3v) is 5.37. The predicted octanol–water partition coefficient (Wildman–Crippen LogP) is 5.09. The molecule has 4 nitrogen and oxygen atoms in total. The summed E-state index contributed by atoms with van der Waals surface area (Å²) in [5.74, 6) is -0.623. The fourth-order valence-electron chi connectivity index (χ4n) is 2.91. The van der Waals surface area contributed by atoms with Crippen molar-refractivity contribution in [1.82, 2.24) is 10.6 Å². The molecule has 2 aromatic carbocycles. The van der Waals surface area contributed by atoms with Gasteiger partial charge in [-0.3, -0.25) is 9.59 Å². The third kappa shape index (κ3) is 5.65. The van der Waals surface area contributed by atoms with E-state index in [0.717, 1.165) is 16.9 Å². The Balaban J connectivity index is 1.82. The second-order valence-corrected chi connectivity index (χ2v) is 7.72. The Morgan fingerprint density at radius 1 is 1.00 bits per heavy atom. The van der Waals surface area contributed by atoms with Crippen molar-refractivity contribution >= 4 is 29.2 Å². The number of nitrogens with one attached hydrogen (secondary N) is 2. The molecule has 0 radical (unpaired) electrons. The van der Waals surface area contributed by atoms with E-state index in [1.807, 2.05) is 61.7 Å². The molecule has 0 aliphatic rings. The second kappa shape index (κ2) is 9.85. The van der Waals surface area contributed by atoms with Crippen LogP contribution in [0.5, 0.6) is 0 Å². The number of carbonyl (C=O) groups excluding carboxylic acids is 2. The van der Waals surface area contributed by atoms with Crippen LogP contribution in [0.2, 0.25) is 0 Å². The summed E-state index contributed by atoms with van der Waals surface area (Å²) in [6, 6.07) is 20.7. The van der Waals surface area contributed by atoms with E-state index in [2.05, 4.69) is 10.6 Å². The molecule has 1 aromatic heterocycles. The van der Waals surface area contributed by atoms with Crippen LogP contribution < -0.4 is 10.6 Å². The van der Waals surface area contributed by atoms with Gasteiger partial charge in [0, 0.05) is 10.4 Å². The van der Waals surface area contributed by atoms with Crippen LogP contribution >= 0.6 is 11.3 Å². The minimum Gasteiger partial charge on any atom is -0.344 e. The smallest absolute Gasteiger partial charge is 0.268 e. The molecule has 0 saturated heterocycles. The minimum absolute atomic E-state index is 0.136. The zero-order valence-corrected chi connectivity index (χ0v) is 17.3. The van der Waals surface area contributed by atoms with Crippen LogP contribution in [-0.2, 0) is 4.79 Å². The topological polar surface area (TPSA) is 58.2 Å². The maximum absolute atomic E-state index is 13.1. The second-order valence-electron chi connectivity index (χ2n) is 6.74. The first-order chi connectivity index (χ1) is 14.1. The van der Waals surface area contributed by atoms with Gasteiger partial charge < -0.3 is 10.6 Å². The molecule has 0 unspecified atom stereocenters. The number of hydrogen-bond donors (Lipinski definition) is 2. The molecule has 1 heterocycles. The third-order valence-electron chi connectivity index (χ3n) is 4.55. The number of thiophene rings is 1. The maximum Gasteiger partial charge on any atom is 0.268 e. The molecule has 2 amide bonds. The maximum atomic E-state index is 13.1. The van der Waals surface area contributed by atoms with Gasteiger partial charge in [-0.05, 0) is 48.6 Å². The van der Waals surface area contributed by atoms with Crippen molar-refractivity contribution in [2.75, 3.05) is 0 Å². The van der Waals surface area contributed by atoms with Crippen molar-refractivity contribution in [2.24, 2.45) is 0 Å². The van der Waals surface area contributed by atoms with E-state index in [1.165, 1.54) is 16.9 Å². The highest BCUT2D eigenvalue weighted by Gasteiger charge is 2.19. The average Bonchev–Trinajstić information content (AvgIpc) is 3.26. The normalized spacial score (nSPS) is 12.3. The standard InChI is InChI=1S/C24H24N2O2S/c1-3-21(18-13-11-17(2)12-14-18)25-24(28)22(16-20-10-7-15-29-20)26-23(27)19-8-5-4-6-9-19/h4-16,21H,3H2,1-2H3,(H,25,28)(H,26,27)/b22-16-/t21-/m1/s1. The fourth-order valence-corrected chi connectivity index (χ4v) is 3.57. The highest BCUT2D eigenvalue weighted by Crippen LogP contribution is 2.19. The van der Waals surface area contributed by atoms with E-state index in [-0.39, 0.29) is 23.6 Å². The zero-order valence-electron chi connectivity index (χ0n) is 16.5. The zero-order chi connectivity index (χ0) is 20.6. The number of carbonyl (C=O) groups is 2. The van der Waals surface area contributed by atoms with Crippen molar-refractivity contribution < 1.29 is 9.59 Å². The van der Waals surface area contributed by atoms with Gasteiger partial charge in [0.1, 0.15) is 5.70 Å². The van der Waals surface area contributed by atoms with Crippen LogP contribution in [-0.4, -0.2) is 11.8 Å². The molecule has 0 aliphatic heterocycles. The largest absolute Gasteiger partial charge is 0.344 e. The van der Waals surface area contributed by atoms with E-state index < -0.39 is 0 Å². The van der Waals surface area contributed by atoms with Gasteiger partial charge in [-0.15, -0.1) is 11.3 Å². The number of aryl methyl sites for hydroxylation is 1. The Hall–Kier alpha value is -3.18. The van der Waals surface area contributed by atoms with Crippen molar-refractivity contribution in [1.29, 1.82) is 0 Å². The summed E-state index contributed by atoms with van der Waals surface area (Å²) in [5.41, 5.74) is 2.94. The lowest BCUT2D eigenvalue weighted by Crippen LogP contribution is -2.36. The van der Waals surface area contributed by atoms with Gasteiger partial charge in [0.2, 0.25) is 0 Å². The Bertz CT molecular complexity index is 977. The van der Waals surface area contributed by atoms with Crippen molar-refractivity contribution in [3.63, 3.8) is 0 Å². The summed E-state index contributed by atoms with van der Waals surface area (Å²) >= 11 is 1.51. The molecular weight excluding hydrogens is 380 g/mol. The van der Waals surface area contributed by atoms with Crippen molar-refractivity contribution in [3.8, 4) is 0 Å². The summed E-state index contributed by atoms with van der Waals surface area (Å²) in [5, 5.41) is 7.76. The molecule has 3 aromatic rings. The molecule has 2 N–H and O–H groups in total. The summed E-state index contributed by atoms with van der Waals surface area (Å²) in [6.07, 6.45) is 2.45. The van der Waals surface area contributed by atoms with Crippen LogP contribution in [0, 0.1) is 6.92 Å². The van der Waals surface area contributed by atoms with Crippen molar-refractivity contribution in [3.05, 3.63) is 99.4 Å². The number of hydrogen-bond acceptors (Lipinski definition) is 3. The SMILES string of the molecule is CC[C@@H](NC(=O)/C(=C/c1cccs1)NC(=O)c1ccccc1)c1ccc(C)cc1. The fraction of sp³-hybridized carbons (Fsp3) is 0.167. The van der Waals surface area contributed by atoms with Gasteiger partial charge in [-0.25, -0.2) is 0 Å². The predicted molar refractivity (Wildman–Crippen MR) is 119 cm³/mol. The highest BCUT2D eigenvalue weighted by molar-refractivity contribution is 7.10. The summed E-state index contributed by atoms with van der Waals surface area (Å²) in [4.78, 5) is 26.6. The molecule has 1 atom stereocenters. The summed E-state index contributed by atoms with van der Waals surface area (Å²) in [6.45, 7) is 4.06. The first kappa shape index (κ1) is 20.6. The monoisotopic (exact) mass is 404 g/mol. The number of rotatable bonds is 7. The van der Waals surface area contributed by atoms with Crippen LogP contribution in [0.3, 0.4) is 0 Å². The summed E-state index contributed by atoms with van der Waals surface area (Å²) < 4.78 is 0. The molecule has 5 heteroatoms. The minimum atomic E-state index is -0.313. The quantitative estimate of drug-likeness (QED) is 0.539. The molecule has 0 fully saturated rings. The number of amides is 2. The lowest BCUT2D eigenvalue weighted by Gasteiger charge is -2.19. The van der Waals surface area contributed by atoms with Gasteiger partial charge in [0.25, 0.3) is 11.8 Å². The Labute approximate surface area is 175 Å². The van der Waals surface area contributed by atoms with Gasteiger partial charge in [0.05, 0.1) is 6.04 Å². The molecule has 3 rings (SSSR count). The molecule has 0 spiro atoms. The Morgan fingerprint density at radius 3 is 2.34 bits per heavy atom. The number of benzene rings is 2. The molecular formula is C24H24N2O2S. The van der Waals surface area contributed by atoms with E-state index >= 15 is 0 Å². The van der Waals surface area contributed by atoms with Crippen LogP contribution in [0.15, 0.2) is 77.8 Å². The van der Waals surface area contributed by atoms with Gasteiger partial charge >= 0.3 is 0 Å². The van der Waals surface area contributed by atoms with E-state index in [9.17, 15) is 9.59 Å². The van der Waals surface area contributed by atoms with Crippen LogP contribution in [0.25, 0.3) is 6.08 Å². The van der Waals surface area contributed by atoms with Gasteiger partial charge in [-0.1, -0.05) is 61.0 Å². The molecule has 29 heavy (non-hydrogen) atoms. The highest BCUT2D eigenvalue weighted by atomic mass is 32.1. The Kier molecular flexibility index (Phi) is 6.98. The molecule has 148 valence electrons. The Morgan fingerprint density at radius 2 is 1.72 bits per heavy atom. The van der Waals surface area contributed by atoms with Crippen molar-refractivity contribution in [2.45, 2.75) is 26.3 Å². The van der Waals surface area contributed by atoms with Gasteiger partial charge in [-0.2, -0.15) is 0 Å². The molecule has 0 saturated carbocycles. The lowest BCUT2D eigenvalue weighted by atomic mass is 10.0. The average molecular weight is 405 g/mol. The van der Waals surface area contributed by atoms with E-state index in [0.29, 0.717) is 5.56 Å². The molecule has 0 aliphatic carbocycles. The first-order valence-electron chi connectivity index (χ1n) is 9.56. The van der Waals surface area contributed by atoms with Crippen LogP contribution in [0.1, 0.15) is 45.7 Å². The first-order valence-corrected chi connectivity index (χ1v) is 10.4. The lowest BCUT2D eigenvalue weighted by molar-refractivity contribution is -0.118. The molecule has 0 bridgehead atoms. The van der Waals surface area contributed by atoms with E-state index in [1.54, 1.807) is 30.3 Å². The van der Waals surface area contributed by atoms with Gasteiger partial charge in [0.15, 0.2) is 0 Å². The van der Waals surface area contributed by atoms with Crippen LogP contribution in [0.4, 0.5) is 0 Å². The summed E-state index contributed by atoms with van der Waals surface area (Å²) in [7, 11) is 0.